The Morgan fingerprint density at radius 1 is 1.10 bits per heavy atom. The first-order valence-electron chi connectivity index (χ1n) is 11.1. The van der Waals surface area contributed by atoms with E-state index in [0.29, 0.717) is 16.3 Å². The second-order valence-corrected chi connectivity index (χ2v) is 8.57. The summed E-state index contributed by atoms with van der Waals surface area (Å²) in [6, 6.07) is 17.6. The lowest BCUT2D eigenvalue weighted by Crippen LogP contribution is -2.24. The van der Waals surface area contributed by atoms with E-state index in [1.807, 2.05) is 6.07 Å². The Bertz CT molecular complexity index is 1710. The van der Waals surface area contributed by atoms with Crippen LogP contribution < -0.4 is 16.2 Å². The van der Waals surface area contributed by atoms with Crippen LogP contribution in [0.3, 0.4) is 0 Å². The van der Waals surface area contributed by atoms with Gasteiger partial charge in [-0.3, -0.25) is 29.5 Å². The number of nitrogens with zero attached hydrogens (tertiary/aromatic N) is 3. The van der Waals surface area contributed by atoms with E-state index in [4.69, 9.17) is 11.6 Å². The molecule has 0 fully saturated rings. The van der Waals surface area contributed by atoms with Gasteiger partial charge in [-0.05, 0) is 48.0 Å². The molecule has 1 heterocycles. The van der Waals surface area contributed by atoms with Crippen LogP contribution in [0.15, 0.2) is 71.5 Å². The molecule has 0 aliphatic rings. The third-order valence-corrected chi connectivity index (χ3v) is 5.58. The van der Waals surface area contributed by atoms with Gasteiger partial charge >= 0.3 is 0 Å². The van der Waals surface area contributed by atoms with Crippen molar-refractivity contribution in [1.82, 2.24) is 9.97 Å². The van der Waals surface area contributed by atoms with Gasteiger partial charge in [0, 0.05) is 34.4 Å². The van der Waals surface area contributed by atoms with Crippen molar-refractivity contribution in [3.05, 3.63) is 103 Å². The largest absolute Gasteiger partial charge is 0.508 e. The lowest BCUT2D eigenvalue weighted by Gasteiger charge is -2.10. The summed E-state index contributed by atoms with van der Waals surface area (Å²) in [5.41, 5.74) is -0.193. The molecule has 1 amide bonds. The van der Waals surface area contributed by atoms with E-state index >= 15 is 0 Å². The number of carbonyl (C=O) groups excluding carboxylic acids is 2. The van der Waals surface area contributed by atoms with Crippen LogP contribution in [0.2, 0.25) is 5.02 Å². The number of amides is 1. The first kappa shape index (κ1) is 26.5. The highest BCUT2D eigenvalue weighted by Crippen LogP contribution is 2.25. The topological polar surface area (TPSA) is 191 Å². The number of carbonyl (C=O) groups is 2. The maximum Gasteiger partial charge on any atom is 0.292 e. The van der Waals surface area contributed by atoms with Gasteiger partial charge in [-0.1, -0.05) is 23.7 Å². The van der Waals surface area contributed by atoms with E-state index in [1.165, 1.54) is 18.2 Å². The Morgan fingerprint density at radius 3 is 2.54 bits per heavy atom. The van der Waals surface area contributed by atoms with Gasteiger partial charge in [-0.2, -0.15) is 5.26 Å². The molecule has 0 saturated carbocycles. The number of hydrogen-bond acceptors (Lipinski definition) is 9. The van der Waals surface area contributed by atoms with Crippen LogP contribution in [-0.2, 0) is 16.0 Å². The van der Waals surface area contributed by atoms with Crippen LogP contribution in [0.4, 0.5) is 23.0 Å². The summed E-state index contributed by atoms with van der Waals surface area (Å²) in [5, 5.41) is 36.1. The molecule has 0 saturated heterocycles. The summed E-state index contributed by atoms with van der Waals surface area (Å²) < 4.78 is 0. The van der Waals surface area contributed by atoms with Crippen LogP contribution in [0.25, 0.3) is 11.3 Å². The number of anilines is 3. The molecule has 1 aromatic heterocycles. The number of hydrogen-bond donors (Lipinski definition) is 4. The van der Waals surface area contributed by atoms with Crippen molar-refractivity contribution in [2.45, 2.75) is 6.42 Å². The molecular formula is C26H17ClN6O6. The molecule has 12 nitrogen and oxygen atoms in total. The quantitative estimate of drug-likeness (QED) is 0.144. The van der Waals surface area contributed by atoms with Crippen molar-refractivity contribution in [2.75, 3.05) is 10.6 Å². The number of benzene rings is 3. The number of aromatic hydroxyl groups is 1. The van der Waals surface area contributed by atoms with E-state index in [1.54, 1.807) is 30.3 Å². The van der Waals surface area contributed by atoms with Crippen molar-refractivity contribution in [3.63, 3.8) is 0 Å². The lowest BCUT2D eigenvalue weighted by atomic mass is 10.1. The fourth-order valence-corrected chi connectivity index (χ4v) is 3.72. The highest BCUT2D eigenvalue weighted by Gasteiger charge is 2.19. The second kappa shape index (κ2) is 11.2. The molecule has 0 unspecified atom stereocenters. The molecule has 0 atom stereocenters. The Hall–Kier alpha value is -5.54. The average Bonchev–Trinajstić information content (AvgIpc) is 2.89. The molecule has 0 spiro atoms. The number of halogens is 1. The number of aromatic nitrogens is 2. The minimum atomic E-state index is -1.01. The molecule has 0 radical (unpaired) electrons. The van der Waals surface area contributed by atoms with Crippen molar-refractivity contribution in [1.29, 1.82) is 5.26 Å². The molecule has 4 rings (SSSR count). The molecule has 3 aromatic carbocycles. The fourth-order valence-electron chi connectivity index (χ4n) is 3.59. The maximum atomic E-state index is 12.6. The third kappa shape index (κ3) is 6.43. The zero-order valence-corrected chi connectivity index (χ0v) is 20.5. The molecule has 13 heteroatoms. The summed E-state index contributed by atoms with van der Waals surface area (Å²) in [7, 11) is 0. The van der Waals surface area contributed by atoms with Crippen molar-refractivity contribution in [2.24, 2.45) is 0 Å². The summed E-state index contributed by atoms with van der Waals surface area (Å²) in [4.78, 5) is 54.7. The number of non-ortho nitro benzene ring substituents is 1. The first-order valence-corrected chi connectivity index (χ1v) is 11.5. The molecular weight excluding hydrogens is 528 g/mol. The molecule has 0 bridgehead atoms. The Kier molecular flexibility index (Phi) is 7.64. The second-order valence-electron chi connectivity index (χ2n) is 8.13. The van der Waals surface area contributed by atoms with E-state index < -0.39 is 40.0 Å². The molecule has 4 aromatic rings. The number of Topliss-reactive ketones (excluding diaryl/α,β-unsaturated/α-hetero) is 1. The standard InChI is InChI=1S/C26H17ClN6O6/c27-16-4-6-17(7-5-16)30-26-31-23(21(13-28)24(36)32-26)15-2-1-3-18(11-15)29-25(37)22(35)10-14-8-19(33(38)39)12-20(34)9-14/h1-9,11-12,34H,10H2,(H,29,37)(H2,30,31,32,36). The smallest absolute Gasteiger partial charge is 0.292 e. The number of nitro groups is 1. The van der Waals surface area contributed by atoms with Gasteiger partial charge in [0.25, 0.3) is 17.2 Å². The molecule has 39 heavy (non-hydrogen) atoms. The minimum absolute atomic E-state index is 0.0345. The first-order chi connectivity index (χ1) is 18.6. The highest BCUT2D eigenvalue weighted by atomic mass is 35.5. The average molecular weight is 545 g/mol. The zero-order valence-electron chi connectivity index (χ0n) is 19.8. The predicted molar refractivity (Wildman–Crippen MR) is 142 cm³/mol. The maximum absolute atomic E-state index is 12.6. The molecule has 0 aliphatic heterocycles. The minimum Gasteiger partial charge on any atom is -0.508 e. The van der Waals surface area contributed by atoms with Gasteiger partial charge in [-0.15, -0.1) is 0 Å². The molecule has 0 aliphatic carbocycles. The number of ketones is 1. The summed E-state index contributed by atoms with van der Waals surface area (Å²) in [6.45, 7) is 0. The molecule has 4 N–H and O–H groups in total. The van der Waals surface area contributed by atoms with E-state index in [9.17, 15) is 34.9 Å². The number of rotatable bonds is 8. The Morgan fingerprint density at radius 2 is 1.85 bits per heavy atom. The zero-order chi connectivity index (χ0) is 28.1. The number of nitrogens with one attached hydrogen (secondary N) is 3. The van der Waals surface area contributed by atoms with Crippen LogP contribution >= 0.6 is 11.6 Å². The lowest BCUT2D eigenvalue weighted by molar-refractivity contribution is -0.385. The number of H-pyrrole nitrogens is 1. The summed E-state index contributed by atoms with van der Waals surface area (Å²) in [6.07, 6.45) is -0.491. The van der Waals surface area contributed by atoms with Crippen LogP contribution in [0.1, 0.15) is 11.1 Å². The number of nitriles is 1. The summed E-state index contributed by atoms with van der Waals surface area (Å²) in [5.74, 6) is -2.28. The Labute approximate surface area is 224 Å². The van der Waals surface area contributed by atoms with Gasteiger partial charge in [-0.25, -0.2) is 4.98 Å². The monoisotopic (exact) mass is 544 g/mol. The van der Waals surface area contributed by atoms with E-state index in [2.05, 4.69) is 20.6 Å². The van der Waals surface area contributed by atoms with Crippen molar-refractivity contribution < 1.29 is 19.6 Å². The number of nitro benzene ring substituents is 1. The van der Waals surface area contributed by atoms with E-state index in [0.717, 1.165) is 18.2 Å². The van der Waals surface area contributed by atoms with Crippen LogP contribution in [0.5, 0.6) is 5.75 Å². The number of phenolic OH excluding ortho intramolecular Hbond substituents is 1. The third-order valence-electron chi connectivity index (χ3n) is 5.32. The van der Waals surface area contributed by atoms with Crippen LogP contribution in [-0.4, -0.2) is 31.7 Å². The number of aromatic amines is 1. The predicted octanol–water partition coefficient (Wildman–Crippen LogP) is 4.07. The van der Waals surface area contributed by atoms with Crippen LogP contribution in [0, 0.1) is 21.4 Å². The van der Waals surface area contributed by atoms with Crippen molar-refractivity contribution in [3.8, 4) is 23.1 Å². The van der Waals surface area contributed by atoms with Gasteiger partial charge in [0.1, 0.15) is 17.4 Å². The SMILES string of the molecule is N#Cc1c(-c2cccc(NC(=O)C(=O)Cc3cc(O)cc([N+](=O)[O-])c3)c2)nc(Nc2ccc(Cl)cc2)[nH]c1=O. The highest BCUT2D eigenvalue weighted by molar-refractivity contribution is 6.41. The van der Waals surface area contributed by atoms with Gasteiger partial charge in [0.2, 0.25) is 11.7 Å². The number of phenols is 1. The van der Waals surface area contributed by atoms with Gasteiger partial charge < -0.3 is 15.7 Å². The summed E-state index contributed by atoms with van der Waals surface area (Å²) >= 11 is 5.90. The van der Waals surface area contributed by atoms with Gasteiger partial charge in [0.05, 0.1) is 16.7 Å². The van der Waals surface area contributed by atoms with Gasteiger partial charge in [0.15, 0.2) is 0 Å². The molecule has 194 valence electrons. The fraction of sp³-hybridized carbons (Fsp3) is 0.0385. The Balaban J connectivity index is 1.56. The van der Waals surface area contributed by atoms with Crippen molar-refractivity contribution >= 4 is 46.3 Å². The van der Waals surface area contributed by atoms with E-state index in [-0.39, 0.29) is 28.5 Å². The normalized spacial score (nSPS) is 10.4.